The predicted octanol–water partition coefficient (Wildman–Crippen LogP) is 2.83. The van der Waals surface area contributed by atoms with Gasteiger partial charge in [-0.1, -0.05) is 24.3 Å². The van der Waals surface area contributed by atoms with E-state index in [0.717, 1.165) is 29.6 Å². The predicted molar refractivity (Wildman–Crippen MR) is 81.0 cm³/mol. The number of aromatic amines is 1. The zero-order valence-electron chi connectivity index (χ0n) is 10.9. The van der Waals surface area contributed by atoms with Gasteiger partial charge in [0.15, 0.2) is 4.77 Å². The minimum atomic E-state index is -0.0130. The van der Waals surface area contributed by atoms with E-state index in [9.17, 15) is 5.11 Å². The lowest BCUT2D eigenvalue weighted by Gasteiger charge is -2.08. The van der Waals surface area contributed by atoms with Crippen molar-refractivity contribution in [2.45, 2.75) is 19.6 Å². The second kappa shape index (κ2) is 5.56. The minimum Gasteiger partial charge on any atom is -0.390 e. The molecule has 0 amide bonds. The summed E-state index contributed by atoms with van der Waals surface area (Å²) in [4.78, 5) is 7.42. The second-order valence-electron chi connectivity index (χ2n) is 4.64. The van der Waals surface area contributed by atoms with E-state index in [0.29, 0.717) is 4.77 Å². The number of fused-ring (bicyclic) bond motifs is 1. The number of aromatic nitrogens is 3. The summed E-state index contributed by atoms with van der Waals surface area (Å²) in [5.41, 5.74) is 3.03. The van der Waals surface area contributed by atoms with Crippen molar-refractivity contribution >= 4 is 23.1 Å². The van der Waals surface area contributed by atoms with Gasteiger partial charge in [0, 0.05) is 24.3 Å². The summed E-state index contributed by atoms with van der Waals surface area (Å²) in [5, 5.41) is 10.4. The first kappa shape index (κ1) is 13.0. The highest BCUT2D eigenvalue weighted by atomic mass is 32.1. The van der Waals surface area contributed by atoms with Crippen molar-refractivity contribution in [1.82, 2.24) is 14.5 Å². The second-order valence-corrected chi connectivity index (χ2v) is 5.02. The van der Waals surface area contributed by atoms with E-state index >= 15 is 0 Å². The van der Waals surface area contributed by atoms with Crippen molar-refractivity contribution < 1.29 is 5.11 Å². The van der Waals surface area contributed by atoms with Crippen molar-refractivity contribution in [2.24, 2.45) is 0 Å². The molecule has 2 aromatic heterocycles. The van der Waals surface area contributed by atoms with Crippen LogP contribution in [-0.4, -0.2) is 19.6 Å². The van der Waals surface area contributed by atoms with Gasteiger partial charge in [0.2, 0.25) is 0 Å². The van der Waals surface area contributed by atoms with Crippen molar-refractivity contribution in [3.8, 4) is 0 Å². The van der Waals surface area contributed by atoms with E-state index in [2.05, 4.69) is 28.2 Å². The summed E-state index contributed by atoms with van der Waals surface area (Å²) in [5.74, 6) is 0. The maximum atomic E-state index is 9.30. The number of imidazole rings is 1. The van der Waals surface area contributed by atoms with Crippen LogP contribution in [0.5, 0.6) is 0 Å². The van der Waals surface area contributed by atoms with Gasteiger partial charge in [0.25, 0.3) is 0 Å². The highest BCUT2D eigenvalue weighted by Gasteiger charge is 2.05. The maximum Gasteiger partial charge on any atom is 0.177 e. The average molecular weight is 285 g/mol. The van der Waals surface area contributed by atoms with Crippen LogP contribution in [0, 0.1) is 4.77 Å². The molecule has 0 atom stereocenters. The summed E-state index contributed by atoms with van der Waals surface area (Å²) in [7, 11) is 0. The Labute approximate surface area is 121 Å². The molecule has 102 valence electrons. The molecule has 0 aliphatic carbocycles. The number of pyridine rings is 1. The standard InChI is InChI=1S/C15H15N3OS/c19-10-13-9-17-15(20)18(13)8-6-12-4-1-3-11-5-2-7-16-14(11)12/h1-5,7,9,19H,6,8,10H2,(H,17,20). The molecule has 3 rings (SSSR count). The first-order valence-electron chi connectivity index (χ1n) is 6.50. The minimum absolute atomic E-state index is 0.0130. The molecule has 4 nitrogen and oxygen atoms in total. The topological polar surface area (TPSA) is 53.8 Å². The molecule has 2 N–H and O–H groups in total. The average Bonchev–Trinajstić information content (AvgIpc) is 2.85. The zero-order chi connectivity index (χ0) is 13.9. The van der Waals surface area contributed by atoms with E-state index in [-0.39, 0.29) is 6.61 Å². The molecule has 0 spiro atoms. The summed E-state index contributed by atoms with van der Waals surface area (Å²) in [6, 6.07) is 10.2. The molecule has 0 bridgehead atoms. The fraction of sp³-hybridized carbons (Fsp3) is 0.200. The summed E-state index contributed by atoms with van der Waals surface area (Å²) < 4.78 is 2.57. The fourth-order valence-corrected chi connectivity index (χ4v) is 2.68. The number of H-pyrrole nitrogens is 1. The van der Waals surface area contributed by atoms with Gasteiger partial charge in [0.1, 0.15) is 0 Å². The molecule has 0 unspecified atom stereocenters. The quantitative estimate of drug-likeness (QED) is 0.725. The molecule has 3 aromatic rings. The number of hydrogen-bond donors (Lipinski definition) is 2. The van der Waals surface area contributed by atoms with E-state index in [1.165, 1.54) is 5.56 Å². The Kier molecular flexibility index (Phi) is 3.62. The van der Waals surface area contributed by atoms with Crippen LogP contribution in [0.2, 0.25) is 0 Å². The number of rotatable bonds is 4. The Morgan fingerprint density at radius 1 is 1.25 bits per heavy atom. The summed E-state index contributed by atoms with van der Waals surface area (Å²) >= 11 is 5.23. The molecule has 1 aromatic carbocycles. The van der Waals surface area contributed by atoms with E-state index in [4.69, 9.17) is 12.2 Å². The van der Waals surface area contributed by atoms with Crippen LogP contribution in [0.1, 0.15) is 11.3 Å². The molecule has 0 radical (unpaired) electrons. The Bertz CT molecular complexity index is 786. The van der Waals surface area contributed by atoms with Crippen LogP contribution in [0.15, 0.2) is 42.7 Å². The Morgan fingerprint density at radius 3 is 2.95 bits per heavy atom. The van der Waals surface area contributed by atoms with Crippen LogP contribution >= 0.6 is 12.2 Å². The Balaban J connectivity index is 1.91. The van der Waals surface area contributed by atoms with Crippen molar-refractivity contribution in [2.75, 3.05) is 0 Å². The third kappa shape index (κ3) is 2.37. The lowest BCUT2D eigenvalue weighted by molar-refractivity contribution is 0.270. The fourth-order valence-electron chi connectivity index (χ4n) is 2.41. The Morgan fingerprint density at radius 2 is 2.10 bits per heavy atom. The number of aryl methyl sites for hydroxylation is 1. The Hall–Kier alpha value is -1.98. The van der Waals surface area contributed by atoms with E-state index in [1.54, 1.807) is 6.20 Å². The number of hydrogen-bond acceptors (Lipinski definition) is 3. The molecule has 5 heteroatoms. The number of nitrogens with one attached hydrogen (secondary N) is 1. The van der Waals surface area contributed by atoms with Crippen molar-refractivity contribution in [3.63, 3.8) is 0 Å². The van der Waals surface area contributed by atoms with Crippen LogP contribution in [0.25, 0.3) is 10.9 Å². The zero-order valence-corrected chi connectivity index (χ0v) is 11.7. The lowest BCUT2D eigenvalue weighted by Crippen LogP contribution is -2.06. The molecule has 0 saturated heterocycles. The lowest BCUT2D eigenvalue weighted by atomic mass is 10.1. The first-order valence-corrected chi connectivity index (χ1v) is 6.91. The van der Waals surface area contributed by atoms with Crippen LogP contribution in [0.3, 0.4) is 0 Å². The number of para-hydroxylation sites is 1. The van der Waals surface area contributed by atoms with Gasteiger partial charge >= 0.3 is 0 Å². The van der Waals surface area contributed by atoms with Gasteiger partial charge in [-0.15, -0.1) is 0 Å². The van der Waals surface area contributed by atoms with Crippen LogP contribution in [-0.2, 0) is 19.6 Å². The number of aliphatic hydroxyl groups excluding tert-OH is 1. The molecule has 0 aliphatic rings. The number of benzene rings is 1. The van der Waals surface area contributed by atoms with Crippen molar-refractivity contribution in [1.29, 1.82) is 0 Å². The van der Waals surface area contributed by atoms with Crippen LogP contribution < -0.4 is 0 Å². The van der Waals surface area contributed by atoms with Gasteiger partial charge in [-0.3, -0.25) is 4.98 Å². The third-order valence-electron chi connectivity index (χ3n) is 3.44. The van der Waals surface area contributed by atoms with Gasteiger partial charge in [0.05, 0.1) is 17.8 Å². The van der Waals surface area contributed by atoms with Gasteiger partial charge < -0.3 is 14.7 Å². The van der Waals surface area contributed by atoms with Gasteiger partial charge in [-0.2, -0.15) is 0 Å². The van der Waals surface area contributed by atoms with Gasteiger partial charge in [-0.25, -0.2) is 0 Å². The largest absolute Gasteiger partial charge is 0.390 e. The van der Waals surface area contributed by atoms with Crippen LogP contribution in [0.4, 0.5) is 0 Å². The van der Waals surface area contributed by atoms with Gasteiger partial charge in [-0.05, 0) is 30.3 Å². The molecule has 20 heavy (non-hydrogen) atoms. The molecule has 0 aliphatic heterocycles. The normalized spacial score (nSPS) is 11.1. The summed E-state index contributed by atoms with van der Waals surface area (Å²) in [6.45, 7) is 0.717. The molecule has 2 heterocycles. The van der Waals surface area contributed by atoms with E-state index < -0.39 is 0 Å². The van der Waals surface area contributed by atoms with Crippen molar-refractivity contribution in [3.05, 3.63) is 58.8 Å². The number of nitrogens with zero attached hydrogens (tertiary/aromatic N) is 2. The molecule has 0 saturated carbocycles. The number of aliphatic hydroxyl groups is 1. The highest BCUT2D eigenvalue weighted by molar-refractivity contribution is 7.71. The maximum absolute atomic E-state index is 9.30. The molecular weight excluding hydrogens is 270 g/mol. The first-order chi connectivity index (χ1) is 9.79. The smallest absolute Gasteiger partial charge is 0.177 e. The summed E-state index contributed by atoms with van der Waals surface area (Å²) in [6.07, 6.45) is 4.39. The molecular formula is C15H15N3OS. The monoisotopic (exact) mass is 285 g/mol. The van der Waals surface area contributed by atoms with E-state index in [1.807, 2.05) is 22.9 Å². The third-order valence-corrected chi connectivity index (χ3v) is 3.78. The molecule has 0 fully saturated rings. The highest BCUT2D eigenvalue weighted by Crippen LogP contribution is 2.17. The SMILES string of the molecule is OCc1c[nH]c(=S)n1CCc1cccc2cccnc12.